The first-order chi connectivity index (χ1) is 8.65. The fourth-order valence-corrected chi connectivity index (χ4v) is 1.45. The van der Waals surface area contributed by atoms with E-state index in [2.05, 4.69) is 10.3 Å². The third-order valence-corrected chi connectivity index (χ3v) is 2.38. The van der Waals surface area contributed by atoms with E-state index in [1.165, 1.54) is 24.4 Å². The Morgan fingerprint density at radius 2 is 2.00 bits per heavy atom. The number of rotatable bonds is 3. The molecule has 3 N–H and O–H groups in total. The number of carbonyl (C=O) groups excluding carboxylic acids is 1. The van der Waals surface area contributed by atoms with E-state index in [1.807, 2.05) is 0 Å². The van der Waals surface area contributed by atoms with Gasteiger partial charge in [-0.3, -0.25) is 9.78 Å². The summed E-state index contributed by atoms with van der Waals surface area (Å²) >= 11 is 0. The number of hydrogen-bond acceptors (Lipinski definition) is 3. The summed E-state index contributed by atoms with van der Waals surface area (Å²) in [5.74, 6) is -0.616. The molecule has 0 radical (unpaired) electrons. The molecule has 0 aliphatic heterocycles. The quantitative estimate of drug-likeness (QED) is 0.865. The van der Waals surface area contributed by atoms with Crippen LogP contribution >= 0.6 is 0 Å². The summed E-state index contributed by atoms with van der Waals surface area (Å²) in [7, 11) is 0. The molecule has 1 aromatic carbocycles. The molecule has 0 saturated heterocycles. The minimum Gasteiger partial charge on any atom is -0.399 e. The van der Waals surface area contributed by atoms with Crippen LogP contribution < -0.4 is 11.1 Å². The van der Waals surface area contributed by atoms with Crippen LogP contribution in [0.1, 0.15) is 16.1 Å². The fraction of sp³-hybridized carbons (Fsp3) is 0.0769. The maximum Gasteiger partial charge on any atom is 0.270 e. The number of carbonyl (C=O) groups is 1. The normalized spacial score (nSPS) is 10.1. The van der Waals surface area contributed by atoms with Crippen molar-refractivity contribution in [3.05, 3.63) is 59.7 Å². The molecular weight excluding hydrogens is 233 g/mol. The van der Waals surface area contributed by atoms with E-state index in [0.717, 1.165) is 5.56 Å². The van der Waals surface area contributed by atoms with Crippen LogP contribution in [0.25, 0.3) is 0 Å². The minimum atomic E-state index is -0.313. The molecule has 2 rings (SSSR count). The topological polar surface area (TPSA) is 68.0 Å². The molecule has 0 aliphatic rings. The molecule has 1 heterocycles. The molecule has 18 heavy (non-hydrogen) atoms. The predicted octanol–water partition coefficient (Wildman–Crippen LogP) is 1.73. The van der Waals surface area contributed by atoms with Crippen LogP contribution in [0.15, 0.2) is 42.6 Å². The van der Waals surface area contributed by atoms with Gasteiger partial charge in [-0.2, -0.15) is 0 Å². The van der Waals surface area contributed by atoms with Crippen molar-refractivity contribution in [2.75, 3.05) is 5.73 Å². The second-order valence-electron chi connectivity index (χ2n) is 3.78. The first-order valence-corrected chi connectivity index (χ1v) is 5.39. The van der Waals surface area contributed by atoms with Crippen LogP contribution in [0.2, 0.25) is 0 Å². The van der Waals surface area contributed by atoms with Crippen LogP contribution in [0.4, 0.5) is 10.1 Å². The third kappa shape index (κ3) is 3.04. The number of hydrogen-bond donors (Lipinski definition) is 2. The zero-order chi connectivity index (χ0) is 13.0. The zero-order valence-corrected chi connectivity index (χ0v) is 9.56. The van der Waals surface area contributed by atoms with Crippen molar-refractivity contribution in [2.24, 2.45) is 0 Å². The summed E-state index contributed by atoms with van der Waals surface area (Å²) in [5, 5.41) is 2.68. The second-order valence-corrected chi connectivity index (χ2v) is 3.78. The van der Waals surface area contributed by atoms with E-state index in [1.54, 1.807) is 18.2 Å². The third-order valence-electron chi connectivity index (χ3n) is 2.38. The summed E-state index contributed by atoms with van der Waals surface area (Å²) in [6.45, 7) is 0.315. The molecule has 92 valence electrons. The number of pyridine rings is 1. The summed E-state index contributed by atoms with van der Waals surface area (Å²) in [6, 6.07) is 9.03. The van der Waals surface area contributed by atoms with Gasteiger partial charge in [0.15, 0.2) is 0 Å². The Balaban J connectivity index is 1.98. The van der Waals surface area contributed by atoms with Gasteiger partial charge >= 0.3 is 0 Å². The lowest BCUT2D eigenvalue weighted by molar-refractivity contribution is 0.0946. The Labute approximate surface area is 104 Å². The van der Waals surface area contributed by atoms with Gasteiger partial charge in [-0.25, -0.2) is 4.39 Å². The number of anilines is 1. The Hall–Kier alpha value is -2.43. The molecule has 0 atom stereocenters. The number of halogens is 1. The monoisotopic (exact) mass is 245 g/mol. The Kier molecular flexibility index (Phi) is 3.52. The number of aromatic nitrogens is 1. The zero-order valence-electron chi connectivity index (χ0n) is 9.56. The van der Waals surface area contributed by atoms with Crippen molar-refractivity contribution in [1.29, 1.82) is 0 Å². The average Bonchev–Trinajstić information content (AvgIpc) is 2.38. The number of benzene rings is 1. The van der Waals surface area contributed by atoms with Gasteiger partial charge in [0.25, 0.3) is 5.91 Å². The molecule has 0 aliphatic carbocycles. The highest BCUT2D eigenvalue weighted by atomic mass is 19.1. The molecule has 1 aromatic heterocycles. The van der Waals surface area contributed by atoms with Crippen LogP contribution in [-0.4, -0.2) is 10.9 Å². The van der Waals surface area contributed by atoms with Crippen molar-refractivity contribution < 1.29 is 9.18 Å². The summed E-state index contributed by atoms with van der Waals surface area (Å²) < 4.78 is 12.7. The fourth-order valence-electron chi connectivity index (χ4n) is 1.45. The lowest BCUT2D eigenvalue weighted by Crippen LogP contribution is -2.23. The summed E-state index contributed by atoms with van der Waals surface area (Å²) in [5.41, 5.74) is 7.12. The number of nitrogens with two attached hydrogens (primary N) is 1. The molecule has 4 nitrogen and oxygen atoms in total. The molecule has 0 spiro atoms. The van der Waals surface area contributed by atoms with Gasteiger partial charge in [0.2, 0.25) is 0 Å². The number of nitrogen functional groups attached to an aromatic ring is 1. The van der Waals surface area contributed by atoms with Crippen LogP contribution in [0.3, 0.4) is 0 Å². The molecule has 5 heteroatoms. The van der Waals surface area contributed by atoms with E-state index in [4.69, 9.17) is 5.73 Å². The number of amides is 1. The van der Waals surface area contributed by atoms with E-state index in [0.29, 0.717) is 12.2 Å². The lowest BCUT2D eigenvalue weighted by atomic mass is 10.2. The maximum absolute atomic E-state index is 12.7. The van der Waals surface area contributed by atoms with Gasteiger partial charge in [0.05, 0.1) is 0 Å². The maximum atomic E-state index is 12.7. The predicted molar refractivity (Wildman–Crippen MR) is 66.2 cm³/mol. The van der Waals surface area contributed by atoms with Gasteiger partial charge in [0, 0.05) is 18.4 Å². The highest BCUT2D eigenvalue weighted by Crippen LogP contribution is 2.05. The molecule has 2 aromatic rings. The molecular formula is C13H12FN3O. The van der Waals surface area contributed by atoms with Crippen molar-refractivity contribution in [1.82, 2.24) is 10.3 Å². The van der Waals surface area contributed by atoms with Gasteiger partial charge in [-0.1, -0.05) is 12.1 Å². The summed E-state index contributed by atoms with van der Waals surface area (Å²) in [4.78, 5) is 15.6. The summed E-state index contributed by atoms with van der Waals surface area (Å²) in [6.07, 6.45) is 1.47. The largest absolute Gasteiger partial charge is 0.399 e. The van der Waals surface area contributed by atoms with Crippen LogP contribution in [0.5, 0.6) is 0 Å². The van der Waals surface area contributed by atoms with Gasteiger partial charge in [-0.15, -0.1) is 0 Å². The molecule has 1 amide bonds. The van der Waals surface area contributed by atoms with Gasteiger partial charge in [0.1, 0.15) is 11.5 Å². The molecule has 0 unspecified atom stereocenters. The van der Waals surface area contributed by atoms with Crippen molar-refractivity contribution in [2.45, 2.75) is 6.54 Å². The molecule has 0 fully saturated rings. The van der Waals surface area contributed by atoms with E-state index in [9.17, 15) is 9.18 Å². The molecule has 0 bridgehead atoms. The lowest BCUT2D eigenvalue weighted by Gasteiger charge is -2.05. The van der Waals surface area contributed by atoms with Crippen molar-refractivity contribution in [3.8, 4) is 0 Å². The Morgan fingerprint density at radius 1 is 1.28 bits per heavy atom. The number of nitrogens with one attached hydrogen (secondary N) is 1. The SMILES string of the molecule is Nc1ccnc(C(=O)NCc2ccc(F)cc2)c1. The average molecular weight is 245 g/mol. The van der Waals surface area contributed by atoms with Crippen molar-refractivity contribution >= 4 is 11.6 Å². The van der Waals surface area contributed by atoms with Gasteiger partial charge in [-0.05, 0) is 29.8 Å². The Bertz CT molecular complexity index is 554. The molecule has 0 saturated carbocycles. The number of nitrogens with zero attached hydrogens (tertiary/aromatic N) is 1. The first-order valence-electron chi connectivity index (χ1n) is 5.39. The minimum absolute atomic E-state index is 0.261. The highest BCUT2D eigenvalue weighted by molar-refractivity contribution is 5.92. The highest BCUT2D eigenvalue weighted by Gasteiger charge is 2.06. The smallest absolute Gasteiger partial charge is 0.270 e. The van der Waals surface area contributed by atoms with Crippen LogP contribution in [-0.2, 0) is 6.54 Å². The van der Waals surface area contributed by atoms with E-state index < -0.39 is 0 Å². The standard InChI is InChI=1S/C13H12FN3O/c14-10-3-1-9(2-4-10)8-17-13(18)12-7-11(15)5-6-16-12/h1-7H,8H2,(H2,15,16)(H,17,18). The van der Waals surface area contributed by atoms with Crippen molar-refractivity contribution in [3.63, 3.8) is 0 Å². The van der Waals surface area contributed by atoms with E-state index in [-0.39, 0.29) is 17.4 Å². The van der Waals surface area contributed by atoms with E-state index >= 15 is 0 Å². The Morgan fingerprint density at radius 3 is 2.67 bits per heavy atom. The second kappa shape index (κ2) is 5.27. The first kappa shape index (κ1) is 12.0. The van der Waals surface area contributed by atoms with Crippen LogP contribution in [0, 0.1) is 5.82 Å². The van der Waals surface area contributed by atoms with Gasteiger partial charge < -0.3 is 11.1 Å².